The van der Waals surface area contributed by atoms with Crippen molar-refractivity contribution in [3.63, 3.8) is 0 Å². The van der Waals surface area contributed by atoms with Gasteiger partial charge in [-0.05, 0) is 30.0 Å². The minimum absolute atomic E-state index is 0.0188. The first kappa shape index (κ1) is 12.8. The van der Waals surface area contributed by atoms with Crippen molar-refractivity contribution >= 4 is 11.6 Å². The van der Waals surface area contributed by atoms with Gasteiger partial charge >= 0.3 is 0 Å². The second kappa shape index (κ2) is 4.71. The third-order valence-electron chi connectivity index (χ3n) is 3.98. The van der Waals surface area contributed by atoms with E-state index in [4.69, 9.17) is 0 Å². The molecule has 2 aromatic carbocycles. The van der Waals surface area contributed by atoms with Gasteiger partial charge in [0.15, 0.2) is 11.6 Å². The highest BCUT2D eigenvalue weighted by Gasteiger charge is 2.30. The van der Waals surface area contributed by atoms with E-state index in [0.717, 1.165) is 24.0 Å². The molecule has 0 saturated heterocycles. The van der Waals surface area contributed by atoms with Crippen molar-refractivity contribution in [2.45, 2.75) is 26.7 Å². The van der Waals surface area contributed by atoms with Gasteiger partial charge in [0.2, 0.25) is 0 Å². The lowest BCUT2D eigenvalue weighted by atomic mass is 9.80. The second-order valence-electron chi connectivity index (χ2n) is 5.08. The van der Waals surface area contributed by atoms with Gasteiger partial charge in [-0.1, -0.05) is 44.2 Å². The van der Waals surface area contributed by atoms with Crippen LogP contribution in [0.15, 0.2) is 36.4 Å². The Morgan fingerprint density at radius 2 is 1.60 bits per heavy atom. The van der Waals surface area contributed by atoms with Gasteiger partial charge in [-0.3, -0.25) is 9.59 Å². The summed E-state index contributed by atoms with van der Waals surface area (Å²) in [6.07, 6.45) is 1.61. The van der Waals surface area contributed by atoms with Gasteiger partial charge in [-0.2, -0.15) is 0 Å². The summed E-state index contributed by atoms with van der Waals surface area (Å²) >= 11 is 0. The van der Waals surface area contributed by atoms with Crippen LogP contribution in [0.2, 0.25) is 0 Å². The fourth-order valence-corrected chi connectivity index (χ4v) is 2.83. The van der Waals surface area contributed by atoms with Crippen LogP contribution in [0.4, 0.5) is 0 Å². The Kier molecular flexibility index (Phi) is 3.01. The fourth-order valence-electron chi connectivity index (χ4n) is 2.83. The zero-order chi connectivity index (χ0) is 14.3. The molecule has 2 nitrogen and oxygen atoms in total. The van der Waals surface area contributed by atoms with Crippen molar-refractivity contribution in [2.75, 3.05) is 0 Å². The summed E-state index contributed by atoms with van der Waals surface area (Å²) in [5, 5.41) is 0. The predicted octanol–water partition coefficient (Wildman–Crippen LogP) is 3.59. The Labute approximate surface area is 118 Å². The number of rotatable bonds is 2. The highest BCUT2D eigenvalue weighted by atomic mass is 16.1. The molecule has 1 aliphatic carbocycles. The van der Waals surface area contributed by atoms with Crippen molar-refractivity contribution < 1.29 is 9.59 Å². The summed E-state index contributed by atoms with van der Waals surface area (Å²) in [4.78, 5) is 25.3. The molecule has 0 heterocycles. The van der Waals surface area contributed by atoms with Crippen LogP contribution in [-0.4, -0.2) is 11.6 Å². The molecule has 3 rings (SSSR count). The zero-order valence-electron chi connectivity index (χ0n) is 11.7. The molecule has 0 unspecified atom stereocenters. The first-order valence-corrected chi connectivity index (χ1v) is 7.01. The van der Waals surface area contributed by atoms with E-state index in [1.807, 2.05) is 38.1 Å². The predicted molar refractivity (Wildman–Crippen MR) is 78.5 cm³/mol. The van der Waals surface area contributed by atoms with Gasteiger partial charge in [-0.15, -0.1) is 0 Å². The maximum atomic E-state index is 12.7. The van der Waals surface area contributed by atoms with Gasteiger partial charge in [-0.25, -0.2) is 0 Å². The van der Waals surface area contributed by atoms with Crippen LogP contribution >= 0.6 is 0 Å². The van der Waals surface area contributed by atoms with Gasteiger partial charge in [0.1, 0.15) is 0 Å². The number of aryl methyl sites for hydroxylation is 2. The third-order valence-corrected chi connectivity index (χ3v) is 3.98. The number of ketones is 2. The van der Waals surface area contributed by atoms with Gasteiger partial charge in [0, 0.05) is 22.3 Å². The Morgan fingerprint density at radius 3 is 2.30 bits per heavy atom. The molecule has 2 heteroatoms. The average Bonchev–Trinajstić information content (AvgIpc) is 2.51. The quantitative estimate of drug-likeness (QED) is 0.709. The molecule has 0 N–H and O–H groups in total. The Morgan fingerprint density at radius 1 is 0.800 bits per heavy atom. The molecule has 0 aromatic heterocycles. The molecular weight excluding hydrogens is 248 g/mol. The Hall–Kier alpha value is -2.22. The number of carbonyl (C=O) groups excluding carboxylic acids is 2. The average molecular weight is 264 g/mol. The topological polar surface area (TPSA) is 34.1 Å². The largest absolute Gasteiger partial charge is 0.289 e. The van der Waals surface area contributed by atoms with E-state index in [2.05, 4.69) is 0 Å². The van der Waals surface area contributed by atoms with Gasteiger partial charge in [0.25, 0.3) is 0 Å². The fraction of sp³-hybridized carbons (Fsp3) is 0.222. The third kappa shape index (κ3) is 1.72. The number of carbonyl (C=O) groups is 2. The van der Waals surface area contributed by atoms with Crippen molar-refractivity contribution in [3.8, 4) is 0 Å². The molecule has 100 valence electrons. The lowest BCUT2D eigenvalue weighted by Crippen LogP contribution is -2.22. The summed E-state index contributed by atoms with van der Waals surface area (Å²) in [7, 11) is 0. The van der Waals surface area contributed by atoms with E-state index >= 15 is 0 Å². The van der Waals surface area contributed by atoms with Gasteiger partial charge in [0.05, 0.1) is 0 Å². The Bertz CT molecular complexity index is 722. The summed E-state index contributed by atoms with van der Waals surface area (Å²) in [6, 6.07) is 11.1. The molecule has 0 fully saturated rings. The van der Waals surface area contributed by atoms with Crippen LogP contribution in [-0.2, 0) is 12.8 Å². The first-order valence-electron chi connectivity index (χ1n) is 7.01. The molecule has 20 heavy (non-hydrogen) atoms. The molecule has 2 aromatic rings. The van der Waals surface area contributed by atoms with Crippen LogP contribution in [0.3, 0.4) is 0 Å². The van der Waals surface area contributed by atoms with E-state index in [0.29, 0.717) is 22.3 Å². The molecule has 0 bridgehead atoms. The second-order valence-corrected chi connectivity index (χ2v) is 5.08. The summed E-state index contributed by atoms with van der Waals surface area (Å²) in [5.41, 5.74) is 4.27. The van der Waals surface area contributed by atoms with Gasteiger partial charge < -0.3 is 0 Å². The first-order chi connectivity index (χ1) is 9.67. The van der Waals surface area contributed by atoms with E-state index < -0.39 is 0 Å². The minimum Gasteiger partial charge on any atom is -0.289 e. The monoisotopic (exact) mass is 264 g/mol. The lowest BCUT2D eigenvalue weighted by molar-refractivity contribution is 0.0978. The molecule has 1 aliphatic rings. The highest BCUT2D eigenvalue weighted by Crippen LogP contribution is 2.30. The highest BCUT2D eigenvalue weighted by molar-refractivity contribution is 6.28. The van der Waals surface area contributed by atoms with E-state index in [9.17, 15) is 9.59 Å². The van der Waals surface area contributed by atoms with Crippen LogP contribution in [0.5, 0.6) is 0 Å². The Balaban J connectivity index is 2.27. The minimum atomic E-state index is -0.0276. The van der Waals surface area contributed by atoms with E-state index in [1.54, 1.807) is 12.1 Å². The maximum Gasteiger partial charge on any atom is 0.194 e. The van der Waals surface area contributed by atoms with Crippen molar-refractivity contribution in [1.82, 2.24) is 0 Å². The van der Waals surface area contributed by atoms with Crippen molar-refractivity contribution in [1.29, 1.82) is 0 Å². The molecule has 0 spiro atoms. The maximum absolute atomic E-state index is 12.7. The molecular formula is C18H16O2. The molecule has 0 aliphatic heterocycles. The summed E-state index contributed by atoms with van der Waals surface area (Å²) < 4.78 is 0. The van der Waals surface area contributed by atoms with Crippen LogP contribution < -0.4 is 0 Å². The number of hydrogen-bond donors (Lipinski definition) is 0. The number of fused-ring (bicyclic) bond motifs is 2. The number of hydrogen-bond acceptors (Lipinski definition) is 2. The van der Waals surface area contributed by atoms with Crippen LogP contribution in [0.1, 0.15) is 56.8 Å². The standard InChI is InChI=1S/C18H16O2/c1-3-11-8-9-13-15(10-11)17(19)14-7-5-6-12(4-2)16(14)18(13)20/h5-10H,3-4H2,1-2H3. The van der Waals surface area contributed by atoms with Crippen LogP contribution in [0.25, 0.3) is 0 Å². The van der Waals surface area contributed by atoms with E-state index in [1.165, 1.54) is 0 Å². The normalized spacial score (nSPS) is 13.1. The lowest BCUT2D eigenvalue weighted by Gasteiger charge is -2.20. The molecule has 0 radical (unpaired) electrons. The SMILES string of the molecule is CCc1ccc2c(c1)C(=O)c1cccc(CC)c1C2=O. The smallest absolute Gasteiger partial charge is 0.194 e. The zero-order valence-corrected chi connectivity index (χ0v) is 11.7. The molecule has 0 saturated carbocycles. The molecule has 0 atom stereocenters. The summed E-state index contributed by atoms with van der Waals surface area (Å²) in [5.74, 6) is -0.0464. The van der Waals surface area contributed by atoms with Crippen molar-refractivity contribution in [2.24, 2.45) is 0 Å². The molecule has 0 amide bonds. The number of benzene rings is 2. The summed E-state index contributed by atoms with van der Waals surface area (Å²) in [6.45, 7) is 4.04. The van der Waals surface area contributed by atoms with Crippen molar-refractivity contribution in [3.05, 3.63) is 69.8 Å². The van der Waals surface area contributed by atoms with E-state index in [-0.39, 0.29) is 11.6 Å². The van der Waals surface area contributed by atoms with Crippen LogP contribution in [0, 0.1) is 0 Å².